The summed E-state index contributed by atoms with van der Waals surface area (Å²) in [7, 11) is 0. The molecule has 2 fully saturated rings. The summed E-state index contributed by atoms with van der Waals surface area (Å²) in [4.78, 5) is 49.4. The van der Waals surface area contributed by atoms with Crippen molar-refractivity contribution in [1.29, 1.82) is 0 Å². The topological polar surface area (TPSA) is 92.8 Å². The van der Waals surface area contributed by atoms with E-state index in [4.69, 9.17) is 9.47 Å². The minimum atomic E-state index is -1.05. The zero-order valence-electron chi connectivity index (χ0n) is 18.3. The largest absolute Gasteiger partial charge is 0.453 e. The second kappa shape index (κ2) is 6.88. The predicted molar refractivity (Wildman–Crippen MR) is 102 cm³/mol. The Kier molecular flexibility index (Phi) is 5.51. The Balaban J connectivity index is 2.01. The van der Waals surface area contributed by atoms with Gasteiger partial charge in [-0.05, 0) is 0 Å². The van der Waals surface area contributed by atoms with E-state index in [1.54, 1.807) is 55.4 Å². The van der Waals surface area contributed by atoms with Crippen molar-refractivity contribution in [3.63, 3.8) is 0 Å². The molecular formula is C20H34N2O6+2. The van der Waals surface area contributed by atoms with Crippen LogP contribution < -0.4 is 0 Å². The molecule has 28 heavy (non-hydrogen) atoms. The number of hydrogen-bond acceptors (Lipinski definition) is 6. The summed E-state index contributed by atoms with van der Waals surface area (Å²) in [6.07, 6.45) is 0.292. The van der Waals surface area contributed by atoms with Gasteiger partial charge in [0.05, 0.1) is 25.7 Å². The van der Waals surface area contributed by atoms with Gasteiger partial charge in [0, 0.05) is 74.7 Å². The SMILES string of the molecule is CC1(C)CC(OC(=O)C(=O)OC2CC(C)(C)[N+](=O)C(C)(C)C2)CC(C)(C)[N+]1=O. The minimum Gasteiger partial charge on any atom is -0.453 e. The van der Waals surface area contributed by atoms with E-state index in [0.717, 1.165) is 9.52 Å². The van der Waals surface area contributed by atoms with Crippen LogP contribution in [0.2, 0.25) is 0 Å². The molecule has 0 aromatic rings. The Hall–Kier alpha value is -1.86. The Labute approximate surface area is 166 Å². The highest BCUT2D eigenvalue weighted by Gasteiger charge is 2.56. The summed E-state index contributed by atoms with van der Waals surface area (Å²) in [5.74, 6) is -2.09. The zero-order chi connectivity index (χ0) is 21.7. The lowest BCUT2D eigenvalue weighted by Crippen LogP contribution is -2.57. The van der Waals surface area contributed by atoms with Crippen LogP contribution in [0.15, 0.2) is 0 Å². The molecule has 0 atom stereocenters. The number of carbonyl (C=O) groups excluding carboxylic acids is 2. The maximum atomic E-state index is 12.4. The first-order valence-corrected chi connectivity index (χ1v) is 9.84. The van der Waals surface area contributed by atoms with E-state index in [-0.39, 0.29) is 0 Å². The Bertz CT molecular complexity index is 607. The molecule has 8 nitrogen and oxygen atoms in total. The second-order valence-corrected chi connectivity index (χ2v) is 10.7. The average Bonchev–Trinajstić information content (AvgIpc) is 2.49. The molecule has 8 heteroatoms. The van der Waals surface area contributed by atoms with E-state index in [2.05, 4.69) is 0 Å². The van der Waals surface area contributed by atoms with Crippen molar-refractivity contribution in [1.82, 2.24) is 0 Å². The molecule has 2 aliphatic heterocycles. The summed E-state index contributed by atoms with van der Waals surface area (Å²) < 4.78 is 12.8. The van der Waals surface area contributed by atoms with E-state index in [9.17, 15) is 19.4 Å². The number of hydrogen-bond donors (Lipinski definition) is 0. The van der Waals surface area contributed by atoms with Crippen LogP contribution in [0, 0.1) is 9.81 Å². The third-order valence-corrected chi connectivity index (χ3v) is 5.82. The highest BCUT2D eigenvalue weighted by Crippen LogP contribution is 2.37. The Morgan fingerprint density at radius 2 is 0.821 bits per heavy atom. The molecule has 2 rings (SSSR count). The lowest BCUT2D eigenvalue weighted by atomic mass is 9.80. The van der Waals surface area contributed by atoms with Crippen LogP contribution >= 0.6 is 0 Å². The van der Waals surface area contributed by atoms with Gasteiger partial charge in [-0.25, -0.2) is 9.59 Å². The molecule has 0 spiro atoms. The lowest BCUT2D eigenvalue weighted by Gasteiger charge is -2.36. The van der Waals surface area contributed by atoms with Gasteiger partial charge in [0.1, 0.15) is 12.2 Å². The molecule has 0 bridgehead atoms. The number of nitrogens with zero attached hydrogens (tertiary/aromatic N) is 2. The molecule has 0 unspecified atom stereocenters. The third-order valence-electron chi connectivity index (χ3n) is 5.82. The molecular weight excluding hydrogens is 364 g/mol. The van der Waals surface area contributed by atoms with Gasteiger partial charge in [-0.2, -0.15) is 0 Å². The van der Waals surface area contributed by atoms with Crippen LogP contribution in [0.3, 0.4) is 0 Å². The third kappa shape index (κ3) is 4.41. The van der Waals surface area contributed by atoms with Gasteiger partial charge in [0.2, 0.25) is 22.2 Å². The van der Waals surface area contributed by atoms with Crippen LogP contribution in [0.4, 0.5) is 0 Å². The number of rotatable bonds is 2. The van der Waals surface area contributed by atoms with Crippen molar-refractivity contribution in [3.05, 3.63) is 9.81 Å². The normalized spacial score (nSPS) is 26.6. The van der Waals surface area contributed by atoms with Crippen LogP contribution in [0.25, 0.3) is 0 Å². The molecule has 0 aromatic heterocycles. The first-order chi connectivity index (χ1) is 12.5. The first kappa shape index (κ1) is 22.4. The number of piperidine rings is 2. The van der Waals surface area contributed by atoms with E-state index in [1.165, 1.54) is 0 Å². The minimum absolute atomic E-state index is 0.341. The monoisotopic (exact) mass is 398 g/mol. The summed E-state index contributed by atoms with van der Waals surface area (Å²) >= 11 is 0. The van der Waals surface area contributed by atoms with Gasteiger partial charge >= 0.3 is 11.9 Å². The van der Waals surface area contributed by atoms with E-state index in [0.29, 0.717) is 25.7 Å². The van der Waals surface area contributed by atoms with Crippen LogP contribution in [0.1, 0.15) is 81.1 Å². The molecule has 2 heterocycles. The van der Waals surface area contributed by atoms with Crippen molar-refractivity contribution in [3.8, 4) is 0 Å². The van der Waals surface area contributed by atoms with Gasteiger partial charge in [0.15, 0.2) is 0 Å². The van der Waals surface area contributed by atoms with Crippen LogP contribution in [-0.4, -0.2) is 55.8 Å². The van der Waals surface area contributed by atoms with Gasteiger partial charge in [0.25, 0.3) is 0 Å². The van der Waals surface area contributed by atoms with Crippen molar-refractivity contribution < 1.29 is 28.6 Å². The molecule has 0 aromatic carbocycles. The number of ether oxygens (including phenoxy) is 2. The molecule has 0 aliphatic carbocycles. The maximum Gasteiger partial charge on any atom is 0.417 e. The average molecular weight is 399 g/mol. The van der Waals surface area contributed by atoms with Crippen molar-refractivity contribution in [2.75, 3.05) is 0 Å². The smallest absolute Gasteiger partial charge is 0.417 e. The number of esters is 2. The van der Waals surface area contributed by atoms with Crippen molar-refractivity contribution >= 4 is 11.9 Å². The summed E-state index contributed by atoms with van der Waals surface area (Å²) in [5.41, 5.74) is -2.81. The number of nitroso groups, excluding NO2 is 2. The van der Waals surface area contributed by atoms with Crippen molar-refractivity contribution in [2.24, 2.45) is 0 Å². The zero-order valence-corrected chi connectivity index (χ0v) is 18.3. The van der Waals surface area contributed by atoms with Crippen LogP contribution in [0.5, 0.6) is 0 Å². The summed E-state index contributed by atoms with van der Waals surface area (Å²) in [5, 5.41) is 0. The lowest BCUT2D eigenvalue weighted by molar-refractivity contribution is -0.696. The van der Waals surface area contributed by atoms with E-state index < -0.39 is 46.3 Å². The molecule has 158 valence electrons. The molecule has 0 radical (unpaired) electrons. The molecule has 0 N–H and O–H groups in total. The maximum absolute atomic E-state index is 12.4. The van der Waals surface area contributed by atoms with E-state index in [1.807, 2.05) is 0 Å². The predicted octanol–water partition coefficient (Wildman–Crippen LogP) is 3.07. The molecule has 2 aliphatic rings. The fourth-order valence-electron chi connectivity index (χ4n) is 4.91. The molecule has 2 saturated heterocycles. The highest BCUT2D eigenvalue weighted by molar-refractivity contribution is 6.29. The van der Waals surface area contributed by atoms with E-state index >= 15 is 0 Å². The highest BCUT2D eigenvalue weighted by atomic mass is 16.6. The Morgan fingerprint density at radius 1 is 0.607 bits per heavy atom. The summed E-state index contributed by atoms with van der Waals surface area (Å²) in [6, 6.07) is 0. The fraction of sp³-hybridized carbons (Fsp3) is 0.900. The van der Waals surface area contributed by atoms with Gasteiger partial charge in [-0.15, -0.1) is 0 Å². The van der Waals surface area contributed by atoms with Gasteiger partial charge in [-0.1, -0.05) is 0 Å². The quantitative estimate of drug-likeness (QED) is 0.403. The molecule has 0 saturated carbocycles. The molecule has 0 amide bonds. The first-order valence-electron chi connectivity index (χ1n) is 9.84. The van der Waals surface area contributed by atoms with Crippen molar-refractivity contribution in [2.45, 2.75) is 115 Å². The summed E-state index contributed by atoms with van der Waals surface area (Å²) in [6.45, 7) is 14.3. The van der Waals surface area contributed by atoms with Gasteiger partial charge in [-0.3, -0.25) is 0 Å². The van der Waals surface area contributed by atoms with Crippen LogP contribution in [-0.2, 0) is 19.1 Å². The fourth-order valence-corrected chi connectivity index (χ4v) is 4.91. The number of carbonyl (C=O) groups is 2. The standard InChI is InChI=1S/C20H34N2O6/c1-17(2)9-13(10-18(3,4)21(17)25)27-15(23)16(24)28-14-11-19(5,6)22(26)20(7,8)12-14/h13-14H,9-12H2,1-8H3/q+2. The Morgan fingerprint density at radius 3 is 1.04 bits per heavy atom. The van der Waals surface area contributed by atoms with Gasteiger partial charge < -0.3 is 9.47 Å². The second-order valence-electron chi connectivity index (χ2n) is 10.7.